The second-order valence-corrected chi connectivity index (χ2v) is 5.83. The molecule has 22 heavy (non-hydrogen) atoms. The molecule has 0 unspecified atom stereocenters. The number of unbranched alkanes of at least 4 members (excludes halogenated alkanes) is 7. The number of carboxylic acid groups (broad SMARTS) is 1. The van der Waals surface area contributed by atoms with Gasteiger partial charge in [-0.15, -0.1) is 6.58 Å². The summed E-state index contributed by atoms with van der Waals surface area (Å²) in [4.78, 5) is 24.7. The second-order valence-electron chi connectivity index (χ2n) is 5.83. The SMILES string of the molecule is C=CCCCCC(=O)N(CCCCCCCC)CCC(=O)O. The molecular weight excluding hydrogens is 278 g/mol. The van der Waals surface area contributed by atoms with E-state index in [0.29, 0.717) is 19.5 Å². The minimum atomic E-state index is -0.840. The standard InChI is InChI=1S/C18H33NO3/c1-3-5-7-9-10-12-15-19(16-14-18(21)22)17(20)13-11-8-6-4-2/h4H,2-3,5-16H2,1H3,(H,21,22). The largest absolute Gasteiger partial charge is 0.481 e. The van der Waals surface area contributed by atoms with E-state index in [9.17, 15) is 9.59 Å². The highest BCUT2D eigenvalue weighted by molar-refractivity contribution is 5.77. The first-order valence-electron chi connectivity index (χ1n) is 8.72. The fourth-order valence-electron chi connectivity index (χ4n) is 2.40. The van der Waals surface area contributed by atoms with Crippen LogP contribution in [0.4, 0.5) is 0 Å². The van der Waals surface area contributed by atoms with E-state index in [1.807, 2.05) is 6.08 Å². The first kappa shape index (κ1) is 20.7. The molecule has 0 fully saturated rings. The van der Waals surface area contributed by atoms with Crippen LogP contribution in [0.15, 0.2) is 12.7 Å². The number of rotatable bonds is 15. The lowest BCUT2D eigenvalue weighted by Crippen LogP contribution is -2.33. The van der Waals surface area contributed by atoms with Crippen LogP contribution < -0.4 is 0 Å². The molecule has 4 nitrogen and oxygen atoms in total. The van der Waals surface area contributed by atoms with Crippen LogP contribution in [0.3, 0.4) is 0 Å². The first-order valence-corrected chi connectivity index (χ1v) is 8.72. The Morgan fingerprint density at radius 2 is 1.64 bits per heavy atom. The van der Waals surface area contributed by atoms with Crippen molar-refractivity contribution < 1.29 is 14.7 Å². The molecule has 0 atom stereocenters. The predicted molar refractivity (Wildman–Crippen MR) is 90.9 cm³/mol. The zero-order chi connectivity index (χ0) is 16.6. The number of carbonyl (C=O) groups is 2. The molecule has 0 aromatic heterocycles. The summed E-state index contributed by atoms with van der Waals surface area (Å²) in [5.74, 6) is -0.744. The lowest BCUT2D eigenvalue weighted by atomic mass is 10.1. The molecular formula is C18H33NO3. The van der Waals surface area contributed by atoms with Crippen LogP contribution in [-0.4, -0.2) is 35.0 Å². The number of carbonyl (C=O) groups excluding carboxylic acids is 1. The van der Waals surface area contributed by atoms with E-state index in [1.54, 1.807) is 4.90 Å². The zero-order valence-electron chi connectivity index (χ0n) is 14.2. The molecule has 0 saturated carbocycles. The van der Waals surface area contributed by atoms with Gasteiger partial charge in [-0.3, -0.25) is 9.59 Å². The van der Waals surface area contributed by atoms with E-state index in [4.69, 9.17) is 5.11 Å². The topological polar surface area (TPSA) is 57.6 Å². The van der Waals surface area contributed by atoms with Crippen LogP contribution in [0.5, 0.6) is 0 Å². The Morgan fingerprint density at radius 1 is 0.955 bits per heavy atom. The number of nitrogens with zero attached hydrogens (tertiary/aromatic N) is 1. The lowest BCUT2D eigenvalue weighted by Gasteiger charge is -2.22. The van der Waals surface area contributed by atoms with Gasteiger partial charge in [0, 0.05) is 19.5 Å². The molecule has 0 heterocycles. The van der Waals surface area contributed by atoms with Gasteiger partial charge in [-0.2, -0.15) is 0 Å². The van der Waals surface area contributed by atoms with Crippen molar-refractivity contribution in [3.05, 3.63) is 12.7 Å². The number of carboxylic acids is 1. The quantitative estimate of drug-likeness (QED) is 0.360. The molecule has 1 amide bonds. The number of allylic oxidation sites excluding steroid dienone is 1. The van der Waals surface area contributed by atoms with Crippen LogP contribution in [-0.2, 0) is 9.59 Å². The van der Waals surface area contributed by atoms with Crippen LogP contribution >= 0.6 is 0 Å². The molecule has 0 aromatic carbocycles. The molecule has 4 heteroatoms. The lowest BCUT2D eigenvalue weighted by molar-refractivity contribution is -0.138. The summed E-state index contributed by atoms with van der Waals surface area (Å²) in [5.41, 5.74) is 0. The molecule has 1 N–H and O–H groups in total. The average molecular weight is 311 g/mol. The third kappa shape index (κ3) is 12.4. The summed E-state index contributed by atoms with van der Waals surface area (Å²) in [6.07, 6.45) is 12.2. The van der Waals surface area contributed by atoms with Crippen molar-refractivity contribution in [1.82, 2.24) is 4.90 Å². The van der Waals surface area contributed by atoms with Crippen molar-refractivity contribution in [2.75, 3.05) is 13.1 Å². The highest BCUT2D eigenvalue weighted by Gasteiger charge is 2.14. The van der Waals surface area contributed by atoms with E-state index in [2.05, 4.69) is 13.5 Å². The van der Waals surface area contributed by atoms with Gasteiger partial charge in [0.05, 0.1) is 6.42 Å². The summed E-state index contributed by atoms with van der Waals surface area (Å²) >= 11 is 0. The highest BCUT2D eigenvalue weighted by Crippen LogP contribution is 2.09. The fraction of sp³-hybridized carbons (Fsp3) is 0.778. The summed E-state index contributed by atoms with van der Waals surface area (Å²) in [7, 11) is 0. The van der Waals surface area contributed by atoms with Crippen LogP contribution in [0.1, 0.15) is 77.6 Å². The summed E-state index contributed by atoms with van der Waals surface area (Å²) in [6.45, 7) is 6.90. The van der Waals surface area contributed by atoms with Crippen molar-refractivity contribution >= 4 is 11.9 Å². The van der Waals surface area contributed by atoms with Crippen LogP contribution in [0.25, 0.3) is 0 Å². The smallest absolute Gasteiger partial charge is 0.305 e. The Labute approximate surface area is 135 Å². The summed E-state index contributed by atoms with van der Waals surface area (Å²) < 4.78 is 0. The molecule has 0 spiro atoms. The Hall–Kier alpha value is -1.32. The number of amides is 1. The number of hydrogen-bond acceptors (Lipinski definition) is 2. The Balaban J connectivity index is 4.03. The van der Waals surface area contributed by atoms with Gasteiger partial charge in [0.15, 0.2) is 0 Å². The maximum Gasteiger partial charge on any atom is 0.305 e. The average Bonchev–Trinajstić information content (AvgIpc) is 2.49. The van der Waals surface area contributed by atoms with Crippen molar-refractivity contribution in [2.45, 2.75) is 77.6 Å². The van der Waals surface area contributed by atoms with Gasteiger partial charge in [-0.25, -0.2) is 0 Å². The summed E-state index contributed by atoms with van der Waals surface area (Å²) in [6, 6.07) is 0. The second kappa shape index (κ2) is 14.6. The summed E-state index contributed by atoms with van der Waals surface area (Å²) in [5, 5.41) is 8.81. The highest BCUT2D eigenvalue weighted by atomic mass is 16.4. The van der Waals surface area contributed by atoms with Crippen molar-refractivity contribution in [1.29, 1.82) is 0 Å². The molecule has 0 bridgehead atoms. The normalized spacial score (nSPS) is 10.4. The molecule has 0 saturated heterocycles. The molecule has 0 aliphatic heterocycles. The van der Waals surface area contributed by atoms with Crippen molar-refractivity contribution in [3.8, 4) is 0 Å². The fourth-order valence-corrected chi connectivity index (χ4v) is 2.40. The van der Waals surface area contributed by atoms with E-state index in [-0.39, 0.29) is 12.3 Å². The monoisotopic (exact) mass is 311 g/mol. The van der Waals surface area contributed by atoms with Crippen molar-refractivity contribution in [3.63, 3.8) is 0 Å². The molecule has 0 aliphatic carbocycles. The maximum absolute atomic E-state index is 12.2. The molecule has 128 valence electrons. The van der Waals surface area contributed by atoms with Gasteiger partial charge in [0.25, 0.3) is 0 Å². The van der Waals surface area contributed by atoms with Crippen LogP contribution in [0.2, 0.25) is 0 Å². The molecule has 0 radical (unpaired) electrons. The molecule has 0 aromatic rings. The van der Waals surface area contributed by atoms with Gasteiger partial charge in [-0.1, -0.05) is 45.1 Å². The van der Waals surface area contributed by atoms with E-state index in [1.165, 1.54) is 25.7 Å². The third-order valence-electron chi connectivity index (χ3n) is 3.78. The molecule has 0 rings (SSSR count). The minimum absolute atomic E-state index is 0.0359. The first-order chi connectivity index (χ1) is 10.6. The Kier molecular flexibility index (Phi) is 13.7. The Bertz CT molecular complexity index is 315. The third-order valence-corrected chi connectivity index (χ3v) is 3.78. The van der Waals surface area contributed by atoms with E-state index in [0.717, 1.165) is 32.1 Å². The van der Waals surface area contributed by atoms with Gasteiger partial charge < -0.3 is 10.0 Å². The molecule has 0 aliphatic rings. The van der Waals surface area contributed by atoms with Gasteiger partial charge in [0.2, 0.25) is 5.91 Å². The van der Waals surface area contributed by atoms with Gasteiger partial charge >= 0.3 is 5.97 Å². The maximum atomic E-state index is 12.2. The van der Waals surface area contributed by atoms with Gasteiger partial charge in [-0.05, 0) is 25.7 Å². The van der Waals surface area contributed by atoms with E-state index >= 15 is 0 Å². The number of hydrogen-bond donors (Lipinski definition) is 1. The number of aliphatic carboxylic acids is 1. The minimum Gasteiger partial charge on any atom is -0.481 e. The zero-order valence-corrected chi connectivity index (χ0v) is 14.2. The van der Waals surface area contributed by atoms with Crippen LogP contribution in [0, 0.1) is 0 Å². The predicted octanol–water partition coefficient (Wildman–Crippen LogP) is 4.40. The van der Waals surface area contributed by atoms with Crippen molar-refractivity contribution in [2.24, 2.45) is 0 Å². The Morgan fingerprint density at radius 3 is 2.27 bits per heavy atom. The van der Waals surface area contributed by atoms with E-state index < -0.39 is 5.97 Å². The van der Waals surface area contributed by atoms with Gasteiger partial charge in [0.1, 0.15) is 0 Å².